The summed E-state index contributed by atoms with van der Waals surface area (Å²) in [7, 11) is 0. The molecule has 1 aliphatic heterocycles. The predicted molar refractivity (Wildman–Crippen MR) is 98.3 cm³/mol. The lowest BCUT2D eigenvalue weighted by Gasteiger charge is -2.22. The van der Waals surface area contributed by atoms with Crippen molar-refractivity contribution in [2.75, 3.05) is 11.5 Å². The quantitative estimate of drug-likeness (QED) is 0.788. The van der Waals surface area contributed by atoms with Crippen LogP contribution in [-0.4, -0.2) is 24.5 Å². The van der Waals surface area contributed by atoms with E-state index >= 15 is 0 Å². The maximum Gasteiger partial charge on any atom is 0.339 e. The molecule has 1 aromatic heterocycles. The lowest BCUT2D eigenvalue weighted by atomic mass is 9.96. The van der Waals surface area contributed by atoms with Crippen molar-refractivity contribution in [1.82, 2.24) is 0 Å². The summed E-state index contributed by atoms with van der Waals surface area (Å²) in [5.41, 5.74) is 3.89. The van der Waals surface area contributed by atoms with Gasteiger partial charge in [0.15, 0.2) is 6.61 Å². The Hall–Kier alpha value is -2.14. The number of aryl methyl sites for hydroxylation is 1. The number of nitrogens with zero attached hydrogens (tertiary/aromatic N) is 1. The molecule has 0 N–H and O–H groups in total. The molecule has 0 radical (unpaired) electrons. The highest BCUT2D eigenvalue weighted by Crippen LogP contribution is 2.32. The van der Waals surface area contributed by atoms with E-state index in [1.54, 1.807) is 16.2 Å². The van der Waals surface area contributed by atoms with E-state index in [0.29, 0.717) is 5.56 Å². The molecule has 2 heterocycles. The van der Waals surface area contributed by atoms with Gasteiger partial charge in [-0.15, -0.1) is 11.3 Å². The van der Waals surface area contributed by atoms with Crippen LogP contribution in [0.3, 0.4) is 0 Å². The molecule has 1 amide bonds. The van der Waals surface area contributed by atoms with Gasteiger partial charge in [0.05, 0.1) is 5.56 Å². The normalized spacial score (nSPS) is 18.6. The molecule has 1 atom stereocenters. The molecule has 5 heteroatoms. The van der Waals surface area contributed by atoms with Crippen LogP contribution in [0.25, 0.3) is 0 Å². The Morgan fingerprint density at radius 3 is 2.92 bits per heavy atom. The number of amides is 1. The Morgan fingerprint density at radius 2 is 2.04 bits per heavy atom. The fourth-order valence-corrected chi connectivity index (χ4v) is 5.00. The van der Waals surface area contributed by atoms with Gasteiger partial charge in [-0.05, 0) is 56.2 Å². The summed E-state index contributed by atoms with van der Waals surface area (Å²) in [5, 5.41) is 1.89. The van der Waals surface area contributed by atoms with Crippen molar-refractivity contribution in [1.29, 1.82) is 0 Å². The highest BCUT2D eigenvalue weighted by Gasteiger charge is 2.31. The van der Waals surface area contributed by atoms with Crippen LogP contribution < -0.4 is 4.90 Å². The maximum absolute atomic E-state index is 12.6. The number of carbonyl (C=O) groups is 2. The summed E-state index contributed by atoms with van der Waals surface area (Å²) >= 11 is 1.63. The third-order valence-corrected chi connectivity index (χ3v) is 6.17. The largest absolute Gasteiger partial charge is 0.452 e. The van der Waals surface area contributed by atoms with Crippen LogP contribution in [0, 0.1) is 0 Å². The average molecular weight is 355 g/mol. The Labute approximate surface area is 151 Å². The highest BCUT2D eigenvalue weighted by atomic mass is 32.1. The van der Waals surface area contributed by atoms with Gasteiger partial charge in [-0.1, -0.05) is 18.2 Å². The molecule has 0 bridgehead atoms. The Kier molecular flexibility index (Phi) is 4.34. The number of fused-ring (bicyclic) bond motifs is 2. The van der Waals surface area contributed by atoms with E-state index in [1.807, 2.05) is 36.6 Å². The highest BCUT2D eigenvalue weighted by molar-refractivity contribution is 7.10. The Morgan fingerprint density at radius 1 is 1.24 bits per heavy atom. The minimum absolute atomic E-state index is 0.0949. The molecule has 2 aromatic rings. The van der Waals surface area contributed by atoms with E-state index < -0.39 is 0 Å². The summed E-state index contributed by atoms with van der Waals surface area (Å²) in [6.45, 7) is 1.82. The van der Waals surface area contributed by atoms with Gasteiger partial charge >= 0.3 is 5.97 Å². The van der Waals surface area contributed by atoms with Gasteiger partial charge in [0.1, 0.15) is 0 Å². The standard InChI is InChI=1S/C20H21NO3S/c1-13-10-14-6-2-4-8-17(14)21(13)19(22)11-24-20(23)16-12-25-18-9-5-3-7-15(16)18/h2,4,6,8,12-13H,3,5,7,9-11H2,1H3/t13-/m0/s1. The number of hydrogen-bond acceptors (Lipinski definition) is 4. The van der Waals surface area contributed by atoms with E-state index in [-0.39, 0.29) is 24.5 Å². The van der Waals surface area contributed by atoms with Crippen molar-refractivity contribution >= 4 is 28.9 Å². The fraction of sp³-hybridized carbons (Fsp3) is 0.400. The molecule has 4 nitrogen and oxygen atoms in total. The molecule has 1 aromatic carbocycles. The van der Waals surface area contributed by atoms with Crippen molar-refractivity contribution in [2.45, 2.75) is 45.1 Å². The fourth-order valence-electron chi connectivity index (χ4n) is 3.89. The van der Waals surface area contributed by atoms with Crippen LogP contribution in [0.15, 0.2) is 29.6 Å². The average Bonchev–Trinajstić information content (AvgIpc) is 3.19. The number of thiophene rings is 1. The van der Waals surface area contributed by atoms with E-state index in [0.717, 1.165) is 36.9 Å². The third-order valence-electron chi connectivity index (χ3n) is 5.08. The number of anilines is 1. The summed E-state index contributed by atoms with van der Waals surface area (Å²) in [6.07, 6.45) is 5.13. The Bertz CT molecular complexity index is 826. The van der Waals surface area contributed by atoms with Crippen molar-refractivity contribution in [2.24, 2.45) is 0 Å². The molecule has 0 fully saturated rings. The number of ether oxygens (including phenoxy) is 1. The van der Waals surface area contributed by atoms with Crippen molar-refractivity contribution < 1.29 is 14.3 Å². The van der Waals surface area contributed by atoms with Crippen LogP contribution in [0.5, 0.6) is 0 Å². The second kappa shape index (κ2) is 6.64. The van der Waals surface area contributed by atoms with Crippen molar-refractivity contribution in [3.8, 4) is 0 Å². The molecule has 0 saturated heterocycles. The van der Waals surface area contributed by atoms with Gasteiger partial charge in [-0.2, -0.15) is 0 Å². The zero-order valence-electron chi connectivity index (χ0n) is 14.3. The lowest BCUT2D eigenvalue weighted by molar-refractivity contribution is -0.122. The molecule has 130 valence electrons. The molecule has 2 aliphatic rings. The van der Waals surface area contributed by atoms with Crippen LogP contribution in [0.1, 0.15) is 46.1 Å². The van der Waals surface area contributed by atoms with Crippen molar-refractivity contribution in [3.05, 3.63) is 51.2 Å². The smallest absolute Gasteiger partial charge is 0.339 e. The second-order valence-corrected chi connectivity index (χ2v) is 7.74. The van der Waals surface area contributed by atoms with E-state index in [4.69, 9.17) is 4.74 Å². The first-order valence-electron chi connectivity index (χ1n) is 8.81. The minimum Gasteiger partial charge on any atom is -0.452 e. The van der Waals surface area contributed by atoms with Gasteiger partial charge in [0.2, 0.25) is 0 Å². The first-order valence-corrected chi connectivity index (χ1v) is 9.69. The SMILES string of the molecule is C[C@H]1Cc2ccccc2N1C(=O)COC(=O)c1csc2c1CCCC2. The van der Waals surface area contributed by atoms with Crippen LogP contribution in [-0.2, 0) is 28.8 Å². The summed E-state index contributed by atoms with van der Waals surface area (Å²) in [5.74, 6) is -0.525. The summed E-state index contributed by atoms with van der Waals surface area (Å²) < 4.78 is 5.37. The second-order valence-electron chi connectivity index (χ2n) is 6.78. The van der Waals surface area contributed by atoms with Gasteiger partial charge < -0.3 is 9.64 Å². The molecule has 4 rings (SSSR count). The Balaban J connectivity index is 1.44. The number of carbonyl (C=O) groups excluding carboxylic acids is 2. The first kappa shape index (κ1) is 16.3. The summed E-state index contributed by atoms with van der Waals surface area (Å²) in [4.78, 5) is 28.1. The number of hydrogen-bond donors (Lipinski definition) is 0. The zero-order chi connectivity index (χ0) is 17.4. The number of rotatable bonds is 3. The van der Waals surface area contributed by atoms with E-state index in [1.165, 1.54) is 16.9 Å². The van der Waals surface area contributed by atoms with Crippen LogP contribution in [0.2, 0.25) is 0 Å². The third kappa shape index (κ3) is 2.97. The number of para-hydroxylation sites is 1. The van der Waals surface area contributed by atoms with Gasteiger partial charge in [0.25, 0.3) is 5.91 Å². The predicted octanol–water partition coefficient (Wildman–Crippen LogP) is 3.76. The minimum atomic E-state index is -0.368. The van der Waals surface area contributed by atoms with E-state index in [9.17, 15) is 9.59 Å². The van der Waals surface area contributed by atoms with E-state index in [2.05, 4.69) is 0 Å². The van der Waals surface area contributed by atoms with Crippen LogP contribution in [0.4, 0.5) is 5.69 Å². The maximum atomic E-state index is 12.6. The van der Waals surface area contributed by atoms with Crippen LogP contribution >= 0.6 is 11.3 Å². The zero-order valence-corrected chi connectivity index (χ0v) is 15.1. The topological polar surface area (TPSA) is 46.6 Å². The molecule has 1 aliphatic carbocycles. The number of esters is 1. The van der Waals surface area contributed by atoms with Crippen molar-refractivity contribution in [3.63, 3.8) is 0 Å². The molecule has 0 saturated carbocycles. The molecular formula is C20H21NO3S. The van der Waals surface area contributed by atoms with Gasteiger partial charge in [-0.3, -0.25) is 4.79 Å². The van der Waals surface area contributed by atoms with Gasteiger partial charge in [0, 0.05) is 22.0 Å². The molecule has 0 spiro atoms. The lowest BCUT2D eigenvalue weighted by Crippen LogP contribution is -2.38. The molecular weight excluding hydrogens is 334 g/mol. The monoisotopic (exact) mass is 355 g/mol. The van der Waals surface area contributed by atoms with Gasteiger partial charge in [-0.25, -0.2) is 4.79 Å². The molecule has 0 unspecified atom stereocenters. The summed E-state index contributed by atoms with van der Waals surface area (Å²) in [6, 6.07) is 8.01. The number of benzene rings is 1. The molecule has 25 heavy (non-hydrogen) atoms. The first-order chi connectivity index (χ1) is 12.1.